The van der Waals surface area contributed by atoms with Gasteiger partial charge in [0, 0.05) is 18.7 Å². The minimum absolute atomic E-state index is 0.529. The highest BCUT2D eigenvalue weighted by atomic mass is 16.5. The monoisotopic (exact) mass is 265 g/mol. The van der Waals surface area contributed by atoms with Gasteiger partial charge in [0.15, 0.2) is 0 Å². The molecule has 0 aromatic heterocycles. The molecule has 0 aliphatic carbocycles. The highest BCUT2D eigenvalue weighted by Crippen LogP contribution is 2.31. The van der Waals surface area contributed by atoms with Gasteiger partial charge < -0.3 is 19.5 Å². The van der Waals surface area contributed by atoms with Gasteiger partial charge in [0.25, 0.3) is 0 Å². The Kier molecular flexibility index (Phi) is 5.05. The third-order valence-electron chi connectivity index (χ3n) is 3.61. The van der Waals surface area contributed by atoms with Crippen LogP contribution in [-0.2, 0) is 17.8 Å². The summed E-state index contributed by atoms with van der Waals surface area (Å²) in [6.45, 7) is 1.65. The summed E-state index contributed by atoms with van der Waals surface area (Å²) in [4.78, 5) is 0. The van der Waals surface area contributed by atoms with Crippen LogP contribution in [0.15, 0.2) is 12.1 Å². The quantitative estimate of drug-likeness (QED) is 0.855. The van der Waals surface area contributed by atoms with Crippen molar-refractivity contribution in [3.63, 3.8) is 0 Å². The fraction of sp³-hybridized carbons (Fsp3) is 0.600. The predicted octanol–water partition coefficient (Wildman–Crippen LogP) is 2.14. The summed E-state index contributed by atoms with van der Waals surface area (Å²) < 4.78 is 16.1. The molecule has 106 valence electrons. The summed E-state index contributed by atoms with van der Waals surface area (Å²) >= 11 is 0. The Morgan fingerprint density at radius 2 is 1.79 bits per heavy atom. The maximum absolute atomic E-state index is 5.50. The van der Waals surface area contributed by atoms with Gasteiger partial charge in [0.05, 0.1) is 20.8 Å². The molecule has 1 aromatic rings. The van der Waals surface area contributed by atoms with Crippen LogP contribution in [-0.4, -0.2) is 33.9 Å². The lowest BCUT2D eigenvalue weighted by molar-refractivity contribution is 0.181. The van der Waals surface area contributed by atoms with Crippen LogP contribution < -0.4 is 14.8 Å². The van der Waals surface area contributed by atoms with Gasteiger partial charge in [-0.25, -0.2) is 0 Å². The molecule has 1 unspecified atom stereocenters. The predicted molar refractivity (Wildman–Crippen MR) is 75.0 cm³/mol. The van der Waals surface area contributed by atoms with Crippen molar-refractivity contribution in [2.24, 2.45) is 0 Å². The van der Waals surface area contributed by atoms with Crippen molar-refractivity contribution in [1.29, 1.82) is 0 Å². The molecule has 19 heavy (non-hydrogen) atoms. The fourth-order valence-electron chi connectivity index (χ4n) is 2.65. The molecule has 1 atom stereocenters. The minimum Gasteiger partial charge on any atom is -0.496 e. The summed E-state index contributed by atoms with van der Waals surface area (Å²) in [7, 11) is 5.09. The highest BCUT2D eigenvalue weighted by molar-refractivity contribution is 5.46. The summed E-state index contributed by atoms with van der Waals surface area (Å²) in [5.74, 6) is 1.79. The van der Waals surface area contributed by atoms with Crippen molar-refractivity contribution in [2.75, 3.05) is 27.9 Å². The second-order valence-electron chi connectivity index (χ2n) is 4.91. The SMILES string of the molecule is COCc1cc(OC)c(CC2CCCN2)cc1OC. The zero-order chi connectivity index (χ0) is 13.7. The van der Waals surface area contributed by atoms with Gasteiger partial charge >= 0.3 is 0 Å². The number of benzene rings is 1. The molecule has 1 N–H and O–H groups in total. The number of methoxy groups -OCH3 is 3. The molecule has 0 amide bonds. The number of hydrogen-bond donors (Lipinski definition) is 1. The largest absolute Gasteiger partial charge is 0.496 e. The van der Waals surface area contributed by atoms with Gasteiger partial charge in [-0.1, -0.05) is 0 Å². The van der Waals surface area contributed by atoms with Gasteiger partial charge in [0.2, 0.25) is 0 Å². The maximum atomic E-state index is 5.50. The molecule has 1 fully saturated rings. The van der Waals surface area contributed by atoms with E-state index in [2.05, 4.69) is 11.4 Å². The molecule has 1 aromatic carbocycles. The van der Waals surface area contributed by atoms with E-state index < -0.39 is 0 Å². The van der Waals surface area contributed by atoms with Crippen LogP contribution in [0.3, 0.4) is 0 Å². The lowest BCUT2D eigenvalue weighted by Crippen LogP contribution is -2.23. The van der Waals surface area contributed by atoms with Crippen molar-refractivity contribution in [3.8, 4) is 11.5 Å². The van der Waals surface area contributed by atoms with Crippen LogP contribution >= 0.6 is 0 Å². The number of hydrogen-bond acceptors (Lipinski definition) is 4. The van der Waals surface area contributed by atoms with Crippen molar-refractivity contribution in [1.82, 2.24) is 5.32 Å². The molecular weight excluding hydrogens is 242 g/mol. The molecule has 2 rings (SSSR count). The molecule has 1 heterocycles. The third kappa shape index (κ3) is 3.39. The van der Waals surface area contributed by atoms with Crippen molar-refractivity contribution in [2.45, 2.75) is 31.9 Å². The highest BCUT2D eigenvalue weighted by Gasteiger charge is 2.18. The standard InChI is InChI=1S/C15H23NO3/c1-17-10-12-9-14(18-2)11(8-15(12)19-3)7-13-5-4-6-16-13/h8-9,13,16H,4-7,10H2,1-3H3. The molecule has 0 spiro atoms. The van der Waals surface area contributed by atoms with Crippen LogP contribution in [0.5, 0.6) is 11.5 Å². The van der Waals surface area contributed by atoms with Gasteiger partial charge in [-0.3, -0.25) is 0 Å². The van der Waals surface area contributed by atoms with Crippen LogP contribution in [0.25, 0.3) is 0 Å². The van der Waals surface area contributed by atoms with E-state index in [0.29, 0.717) is 12.6 Å². The smallest absolute Gasteiger partial charge is 0.124 e. The Labute approximate surface area is 115 Å². The summed E-state index contributed by atoms with van der Waals surface area (Å²) in [5.41, 5.74) is 2.21. The maximum Gasteiger partial charge on any atom is 0.124 e. The Bertz CT molecular complexity index is 414. The lowest BCUT2D eigenvalue weighted by atomic mass is 10.0. The Morgan fingerprint density at radius 1 is 1.11 bits per heavy atom. The summed E-state index contributed by atoms with van der Waals surface area (Å²) in [6, 6.07) is 4.65. The van der Waals surface area contributed by atoms with E-state index in [-0.39, 0.29) is 0 Å². The van der Waals surface area contributed by atoms with E-state index in [0.717, 1.165) is 30.0 Å². The van der Waals surface area contributed by atoms with E-state index in [1.807, 2.05) is 6.07 Å². The lowest BCUT2D eigenvalue weighted by Gasteiger charge is -2.17. The van der Waals surface area contributed by atoms with Crippen molar-refractivity contribution >= 4 is 0 Å². The van der Waals surface area contributed by atoms with Gasteiger partial charge in [-0.15, -0.1) is 0 Å². The molecule has 1 aliphatic heterocycles. The number of nitrogens with one attached hydrogen (secondary N) is 1. The van der Waals surface area contributed by atoms with E-state index in [1.54, 1.807) is 21.3 Å². The summed E-state index contributed by atoms with van der Waals surface area (Å²) in [6.07, 6.45) is 3.46. The first-order valence-electron chi connectivity index (χ1n) is 6.74. The molecule has 4 heteroatoms. The van der Waals surface area contributed by atoms with Crippen LogP contribution in [0, 0.1) is 0 Å². The van der Waals surface area contributed by atoms with Crippen LogP contribution in [0.1, 0.15) is 24.0 Å². The number of rotatable bonds is 6. The molecule has 0 saturated carbocycles. The molecule has 1 saturated heterocycles. The zero-order valence-corrected chi connectivity index (χ0v) is 12.0. The number of ether oxygens (including phenoxy) is 3. The fourth-order valence-corrected chi connectivity index (χ4v) is 2.65. The first kappa shape index (κ1) is 14.2. The second kappa shape index (κ2) is 6.78. The third-order valence-corrected chi connectivity index (χ3v) is 3.61. The zero-order valence-electron chi connectivity index (χ0n) is 12.0. The van der Waals surface area contributed by atoms with E-state index in [4.69, 9.17) is 14.2 Å². The minimum atomic E-state index is 0.529. The molecule has 0 bridgehead atoms. The van der Waals surface area contributed by atoms with Gasteiger partial charge in [0.1, 0.15) is 11.5 Å². The molecule has 4 nitrogen and oxygen atoms in total. The van der Waals surface area contributed by atoms with Crippen LogP contribution in [0.4, 0.5) is 0 Å². The first-order valence-corrected chi connectivity index (χ1v) is 6.74. The topological polar surface area (TPSA) is 39.7 Å². The Balaban J connectivity index is 2.24. The van der Waals surface area contributed by atoms with Gasteiger partial charge in [-0.05, 0) is 43.5 Å². The Hall–Kier alpha value is -1.26. The second-order valence-corrected chi connectivity index (χ2v) is 4.91. The summed E-state index contributed by atoms with van der Waals surface area (Å²) in [5, 5.41) is 3.51. The molecule has 1 aliphatic rings. The average molecular weight is 265 g/mol. The van der Waals surface area contributed by atoms with Crippen molar-refractivity contribution < 1.29 is 14.2 Å². The average Bonchev–Trinajstić information content (AvgIpc) is 2.93. The normalized spacial score (nSPS) is 18.6. The van der Waals surface area contributed by atoms with E-state index >= 15 is 0 Å². The van der Waals surface area contributed by atoms with Crippen LogP contribution in [0.2, 0.25) is 0 Å². The Morgan fingerprint density at radius 3 is 2.37 bits per heavy atom. The molecular formula is C15H23NO3. The molecule has 0 radical (unpaired) electrons. The van der Waals surface area contributed by atoms with Gasteiger partial charge in [-0.2, -0.15) is 0 Å². The van der Waals surface area contributed by atoms with E-state index in [9.17, 15) is 0 Å². The van der Waals surface area contributed by atoms with E-state index in [1.165, 1.54) is 18.4 Å². The van der Waals surface area contributed by atoms with Crippen molar-refractivity contribution in [3.05, 3.63) is 23.3 Å². The first-order chi connectivity index (χ1) is 9.28.